The molecule has 0 unspecified atom stereocenters. The van der Waals surface area contributed by atoms with Crippen molar-refractivity contribution >= 4 is 43.3 Å². The summed E-state index contributed by atoms with van der Waals surface area (Å²) in [6, 6.07) is 12.7. The fourth-order valence-electron chi connectivity index (χ4n) is 2.03. The van der Waals surface area contributed by atoms with E-state index in [1.54, 1.807) is 12.1 Å². The molecule has 0 saturated heterocycles. The summed E-state index contributed by atoms with van der Waals surface area (Å²) in [5, 5.41) is 0.961. The van der Waals surface area contributed by atoms with E-state index in [2.05, 4.69) is 0 Å². The largest absolute Gasteiger partial charge is 0.279 e. The fourth-order valence-corrected chi connectivity index (χ4v) is 3.30. The Labute approximate surface area is 123 Å². The third-order valence-electron chi connectivity index (χ3n) is 3.00. The summed E-state index contributed by atoms with van der Waals surface area (Å²) in [5.74, 6) is -0.0968. The monoisotopic (exact) mass is 311 g/mol. The van der Waals surface area contributed by atoms with Crippen molar-refractivity contribution in [3.8, 4) is 0 Å². The Bertz CT molecular complexity index is 738. The minimum Gasteiger partial charge on any atom is -0.279 e. The summed E-state index contributed by atoms with van der Waals surface area (Å²) in [6.07, 6.45) is 0. The van der Waals surface area contributed by atoms with Crippen molar-refractivity contribution in [1.82, 2.24) is 0 Å². The highest BCUT2D eigenvalue weighted by molar-refractivity contribution is 7.92. The highest BCUT2D eigenvalue weighted by atomic mass is 35.5. The van der Waals surface area contributed by atoms with Crippen LogP contribution in [0.3, 0.4) is 0 Å². The number of rotatable bonds is 5. The van der Waals surface area contributed by atoms with Crippen LogP contribution in [0.15, 0.2) is 42.5 Å². The molecule has 6 heteroatoms. The first-order chi connectivity index (χ1) is 9.45. The van der Waals surface area contributed by atoms with Gasteiger partial charge < -0.3 is 0 Å². The topological polar surface area (TPSA) is 54.5 Å². The lowest BCUT2D eigenvalue weighted by atomic mass is 10.1. The minimum atomic E-state index is -3.57. The quantitative estimate of drug-likeness (QED) is 0.798. The van der Waals surface area contributed by atoms with Gasteiger partial charge in [-0.2, -0.15) is 0 Å². The zero-order valence-corrected chi connectivity index (χ0v) is 12.5. The minimum absolute atomic E-state index is 0.0968. The first kappa shape index (κ1) is 14.8. The first-order valence-electron chi connectivity index (χ1n) is 6.12. The van der Waals surface area contributed by atoms with Crippen molar-refractivity contribution in [2.45, 2.75) is 6.92 Å². The number of hydrogen-bond acceptors (Lipinski definition) is 3. The predicted molar refractivity (Wildman–Crippen MR) is 81.6 cm³/mol. The van der Waals surface area contributed by atoms with Gasteiger partial charge in [-0.3, -0.25) is 9.10 Å². The molecule has 20 heavy (non-hydrogen) atoms. The van der Waals surface area contributed by atoms with Crippen LogP contribution in [0.25, 0.3) is 10.8 Å². The normalized spacial score (nSPS) is 11.5. The molecule has 0 aliphatic heterocycles. The molecule has 0 amide bonds. The van der Waals surface area contributed by atoms with Crippen molar-refractivity contribution in [2.24, 2.45) is 0 Å². The summed E-state index contributed by atoms with van der Waals surface area (Å²) in [5.41, 5.74) is 0.471. The molecule has 0 N–H and O–H groups in total. The van der Waals surface area contributed by atoms with Crippen LogP contribution in [-0.4, -0.2) is 26.0 Å². The number of hydrogen-bond donors (Lipinski definition) is 0. The van der Waals surface area contributed by atoms with Crippen molar-refractivity contribution < 1.29 is 13.2 Å². The first-order valence-corrected chi connectivity index (χ1v) is 8.11. The summed E-state index contributed by atoms with van der Waals surface area (Å²) in [4.78, 5) is 11.2. The zero-order chi connectivity index (χ0) is 14.8. The number of nitrogens with zero attached hydrogens (tertiary/aromatic N) is 1. The average molecular weight is 312 g/mol. The second-order valence-corrected chi connectivity index (χ2v) is 6.86. The van der Waals surface area contributed by atoms with Gasteiger partial charge in [0.1, 0.15) is 6.54 Å². The van der Waals surface area contributed by atoms with E-state index in [0.29, 0.717) is 5.69 Å². The maximum atomic E-state index is 12.2. The molecule has 2 rings (SSSR count). The van der Waals surface area contributed by atoms with Crippen LogP contribution in [-0.2, 0) is 14.8 Å². The van der Waals surface area contributed by atoms with Gasteiger partial charge in [0.05, 0.1) is 11.4 Å². The number of benzene rings is 2. The molecule has 0 saturated carbocycles. The summed E-state index contributed by atoms with van der Waals surface area (Å²) in [7, 11) is -3.57. The van der Waals surface area contributed by atoms with E-state index < -0.39 is 15.3 Å². The number of sulfonamides is 1. The van der Waals surface area contributed by atoms with Gasteiger partial charge in [0, 0.05) is 5.39 Å². The van der Waals surface area contributed by atoms with Gasteiger partial charge in [-0.15, -0.1) is 0 Å². The predicted octanol–water partition coefficient (Wildman–Crippen LogP) is 2.76. The van der Waals surface area contributed by atoms with Crippen LogP contribution in [0.4, 0.5) is 5.69 Å². The van der Waals surface area contributed by atoms with Gasteiger partial charge in [0.15, 0.2) is 0 Å². The lowest BCUT2D eigenvalue weighted by molar-refractivity contribution is -0.110. The molecule has 0 atom stereocenters. The van der Waals surface area contributed by atoms with E-state index in [1.807, 2.05) is 30.3 Å². The number of carbonyl (C=O) groups is 1. The van der Waals surface area contributed by atoms with E-state index >= 15 is 0 Å². The van der Waals surface area contributed by atoms with Gasteiger partial charge in [-0.25, -0.2) is 8.42 Å². The van der Waals surface area contributed by atoms with Crippen molar-refractivity contribution in [1.29, 1.82) is 0 Å². The highest BCUT2D eigenvalue weighted by Crippen LogP contribution is 2.28. The molecule has 0 spiro atoms. The van der Waals surface area contributed by atoms with Crippen molar-refractivity contribution in [3.05, 3.63) is 42.5 Å². The lowest BCUT2D eigenvalue weighted by Gasteiger charge is -2.23. The number of anilines is 1. The van der Waals surface area contributed by atoms with Crippen LogP contribution >= 0.6 is 11.6 Å². The van der Waals surface area contributed by atoms with Crippen LogP contribution in [0.2, 0.25) is 0 Å². The number of fused-ring (bicyclic) bond motifs is 1. The molecule has 0 radical (unpaired) electrons. The van der Waals surface area contributed by atoms with Crippen LogP contribution in [0.5, 0.6) is 0 Å². The molecule has 0 aromatic heterocycles. The SMILES string of the molecule is CCS(=O)(=O)N(CC(=O)Cl)c1cccc2ccccc12. The Morgan fingerprint density at radius 2 is 1.80 bits per heavy atom. The fraction of sp³-hybridized carbons (Fsp3) is 0.214. The van der Waals surface area contributed by atoms with Gasteiger partial charge in [0.25, 0.3) is 0 Å². The van der Waals surface area contributed by atoms with E-state index in [9.17, 15) is 13.2 Å². The van der Waals surface area contributed by atoms with Crippen LogP contribution < -0.4 is 4.31 Å². The summed E-state index contributed by atoms with van der Waals surface area (Å²) in [6.45, 7) is 1.16. The maximum Gasteiger partial charge on any atom is 0.242 e. The third kappa shape index (κ3) is 2.94. The molecule has 0 bridgehead atoms. The van der Waals surface area contributed by atoms with E-state index in [4.69, 9.17) is 11.6 Å². The van der Waals surface area contributed by atoms with Crippen LogP contribution in [0.1, 0.15) is 6.92 Å². The molecule has 0 fully saturated rings. The number of halogens is 1. The van der Waals surface area contributed by atoms with Gasteiger partial charge in [-0.1, -0.05) is 36.4 Å². The molecular weight excluding hydrogens is 298 g/mol. The molecule has 2 aromatic carbocycles. The van der Waals surface area contributed by atoms with Gasteiger partial charge >= 0.3 is 0 Å². The van der Waals surface area contributed by atoms with E-state index in [-0.39, 0.29) is 12.3 Å². The highest BCUT2D eigenvalue weighted by Gasteiger charge is 2.24. The molecule has 2 aromatic rings. The maximum absolute atomic E-state index is 12.2. The molecule has 4 nitrogen and oxygen atoms in total. The molecule has 0 aliphatic rings. The Morgan fingerprint density at radius 3 is 2.45 bits per heavy atom. The van der Waals surface area contributed by atoms with Gasteiger partial charge in [-0.05, 0) is 30.0 Å². The van der Waals surface area contributed by atoms with Gasteiger partial charge in [0.2, 0.25) is 15.3 Å². The van der Waals surface area contributed by atoms with E-state index in [0.717, 1.165) is 15.1 Å². The zero-order valence-electron chi connectivity index (χ0n) is 10.9. The molecule has 0 heterocycles. The summed E-state index contributed by atoms with van der Waals surface area (Å²) >= 11 is 5.39. The van der Waals surface area contributed by atoms with Crippen molar-refractivity contribution in [2.75, 3.05) is 16.6 Å². The van der Waals surface area contributed by atoms with E-state index in [1.165, 1.54) is 6.92 Å². The second kappa shape index (κ2) is 5.81. The molecule has 106 valence electrons. The second-order valence-electron chi connectivity index (χ2n) is 4.26. The molecule has 0 aliphatic carbocycles. The summed E-state index contributed by atoms with van der Waals surface area (Å²) < 4.78 is 25.5. The standard InChI is InChI=1S/C14H14ClNO3S/c1-2-20(18,19)16(10-14(15)17)13-9-5-7-11-6-3-4-8-12(11)13/h3-9H,2,10H2,1H3. The Kier molecular flexibility index (Phi) is 4.30. The Hall–Kier alpha value is -1.59. The third-order valence-corrected chi connectivity index (χ3v) is 4.85. The Morgan fingerprint density at radius 1 is 1.15 bits per heavy atom. The van der Waals surface area contributed by atoms with Crippen molar-refractivity contribution in [3.63, 3.8) is 0 Å². The molecular formula is C14H14ClNO3S. The Balaban J connectivity index is 2.66. The average Bonchev–Trinajstić information content (AvgIpc) is 2.44. The van der Waals surface area contributed by atoms with Crippen LogP contribution in [0, 0.1) is 0 Å². The lowest BCUT2D eigenvalue weighted by Crippen LogP contribution is -2.35. The number of carbonyl (C=O) groups excluding carboxylic acids is 1. The smallest absolute Gasteiger partial charge is 0.242 e.